The monoisotopic (exact) mass is 264 g/mol. The van der Waals surface area contributed by atoms with E-state index in [-0.39, 0.29) is 17.0 Å². The van der Waals surface area contributed by atoms with Crippen molar-refractivity contribution in [2.45, 2.75) is 6.92 Å². The van der Waals surface area contributed by atoms with Crippen LogP contribution in [0.5, 0.6) is 5.75 Å². The van der Waals surface area contributed by atoms with Crippen LogP contribution < -0.4 is 5.73 Å². The average molecular weight is 264 g/mol. The van der Waals surface area contributed by atoms with Crippen LogP contribution in [0.4, 0.5) is 5.69 Å². The molecule has 0 radical (unpaired) electrons. The Balaban J connectivity index is 2.59. The molecule has 1 aromatic carbocycles. The zero-order chi connectivity index (χ0) is 13.3. The summed E-state index contributed by atoms with van der Waals surface area (Å²) >= 11 is 1.44. The summed E-state index contributed by atoms with van der Waals surface area (Å²) in [5.41, 5.74) is 6.78. The van der Waals surface area contributed by atoms with E-state index < -0.39 is 5.97 Å². The number of rotatable bonds is 2. The lowest BCUT2D eigenvalue weighted by atomic mass is 10.1. The Bertz CT molecular complexity index is 607. The van der Waals surface area contributed by atoms with Gasteiger partial charge in [0.1, 0.15) is 10.8 Å². The number of nitrogens with two attached hydrogens (primary N) is 1. The summed E-state index contributed by atoms with van der Waals surface area (Å²) in [6, 6.07) is 2.85. The van der Waals surface area contributed by atoms with Crippen LogP contribution in [-0.2, 0) is 4.74 Å². The van der Waals surface area contributed by atoms with E-state index in [4.69, 9.17) is 5.73 Å². The summed E-state index contributed by atoms with van der Waals surface area (Å²) in [5, 5.41) is 10.4. The van der Waals surface area contributed by atoms with Gasteiger partial charge in [-0.3, -0.25) is 0 Å². The smallest absolute Gasteiger partial charge is 0.338 e. The maximum atomic E-state index is 11.5. The number of carbonyl (C=O) groups is 1. The summed E-state index contributed by atoms with van der Waals surface area (Å²) in [5.74, 6) is -0.680. The topological polar surface area (TPSA) is 85.4 Å². The van der Waals surface area contributed by atoms with Gasteiger partial charge in [0.05, 0.1) is 18.4 Å². The zero-order valence-corrected chi connectivity index (χ0v) is 10.7. The van der Waals surface area contributed by atoms with E-state index in [2.05, 4.69) is 9.72 Å². The molecule has 6 heteroatoms. The number of aryl methyl sites for hydroxylation is 1. The lowest BCUT2D eigenvalue weighted by Crippen LogP contribution is -2.02. The summed E-state index contributed by atoms with van der Waals surface area (Å²) in [7, 11) is 1.28. The van der Waals surface area contributed by atoms with Crippen molar-refractivity contribution >= 4 is 23.0 Å². The molecular formula is C12H12N2O3S. The Hall–Kier alpha value is -2.08. The van der Waals surface area contributed by atoms with E-state index in [1.165, 1.54) is 24.5 Å². The maximum Gasteiger partial charge on any atom is 0.338 e. The van der Waals surface area contributed by atoms with Crippen molar-refractivity contribution in [3.63, 3.8) is 0 Å². The number of thiazole rings is 1. The van der Waals surface area contributed by atoms with Crippen LogP contribution in [0.15, 0.2) is 18.3 Å². The summed E-state index contributed by atoms with van der Waals surface area (Å²) in [4.78, 5) is 16.7. The van der Waals surface area contributed by atoms with E-state index in [0.29, 0.717) is 10.6 Å². The minimum Gasteiger partial charge on any atom is -0.506 e. The Morgan fingerprint density at radius 3 is 2.78 bits per heavy atom. The number of nitrogen functional groups attached to an aromatic ring is 1. The van der Waals surface area contributed by atoms with E-state index in [9.17, 15) is 9.90 Å². The number of aromatic nitrogens is 1. The molecule has 0 bridgehead atoms. The number of ether oxygens (including phenoxy) is 1. The highest BCUT2D eigenvalue weighted by Crippen LogP contribution is 2.36. The Morgan fingerprint density at radius 2 is 2.22 bits per heavy atom. The van der Waals surface area contributed by atoms with Gasteiger partial charge in [-0.2, -0.15) is 0 Å². The van der Waals surface area contributed by atoms with Crippen LogP contribution in [0.1, 0.15) is 15.2 Å². The van der Waals surface area contributed by atoms with E-state index >= 15 is 0 Å². The van der Waals surface area contributed by atoms with Gasteiger partial charge < -0.3 is 15.6 Å². The lowest BCUT2D eigenvalue weighted by Gasteiger charge is -2.07. The second kappa shape index (κ2) is 4.66. The van der Waals surface area contributed by atoms with Crippen molar-refractivity contribution in [1.29, 1.82) is 0 Å². The number of methoxy groups -OCH3 is 1. The highest BCUT2D eigenvalue weighted by molar-refractivity contribution is 7.15. The van der Waals surface area contributed by atoms with Crippen molar-refractivity contribution in [2.75, 3.05) is 12.8 Å². The number of benzene rings is 1. The van der Waals surface area contributed by atoms with Crippen molar-refractivity contribution < 1.29 is 14.6 Å². The molecule has 0 aliphatic heterocycles. The number of phenolic OH excluding ortho intramolecular Hbond substituents is 1. The quantitative estimate of drug-likeness (QED) is 0.493. The number of phenols is 1. The zero-order valence-electron chi connectivity index (χ0n) is 9.93. The fourth-order valence-electron chi connectivity index (χ4n) is 1.53. The first kappa shape index (κ1) is 12.4. The van der Waals surface area contributed by atoms with Crippen LogP contribution in [0, 0.1) is 6.92 Å². The highest BCUT2D eigenvalue weighted by atomic mass is 32.1. The SMILES string of the molecule is COC(=O)c1cc(O)c(N)c(-c2ncc(C)s2)c1. The second-order valence-electron chi connectivity index (χ2n) is 3.72. The van der Waals surface area contributed by atoms with Gasteiger partial charge in [-0.05, 0) is 19.1 Å². The molecular weight excluding hydrogens is 252 g/mol. The first-order valence-electron chi connectivity index (χ1n) is 5.16. The van der Waals surface area contributed by atoms with Gasteiger partial charge in [-0.1, -0.05) is 0 Å². The van der Waals surface area contributed by atoms with Gasteiger partial charge in [0.25, 0.3) is 0 Å². The van der Waals surface area contributed by atoms with Crippen LogP contribution in [-0.4, -0.2) is 23.2 Å². The number of esters is 1. The summed E-state index contributed by atoms with van der Waals surface area (Å²) in [6.07, 6.45) is 1.71. The third kappa shape index (κ3) is 2.14. The second-order valence-corrected chi connectivity index (χ2v) is 4.96. The molecule has 18 heavy (non-hydrogen) atoms. The van der Waals surface area contributed by atoms with E-state index in [0.717, 1.165) is 4.88 Å². The summed E-state index contributed by atoms with van der Waals surface area (Å²) < 4.78 is 4.62. The number of aromatic hydroxyl groups is 1. The Kier molecular flexibility index (Phi) is 3.20. The molecule has 0 saturated carbocycles. The minimum absolute atomic E-state index is 0.152. The summed E-state index contributed by atoms with van der Waals surface area (Å²) in [6.45, 7) is 1.92. The first-order chi connectivity index (χ1) is 8.52. The molecule has 5 nitrogen and oxygen atoms in total. The minimum atomic E-state index is -0.528. The van der Waals surface area contributed by atoms with Gasteiger partial charge in [0.15, 0.2) is 0 Å². The van der Waals surface area contributed by atoms with Gasteiger partial charge in [-0.15, -0.1) is 11.3 Å². The number of anilines is 1. The maximum absolute atomic E-state index is 11.5. The molecule has 0 aliphatic carbocycles. The van der Waals surface area contributed by atoms with Crippen molar-refractivity contribution in [3.05, 3.63) is 28.8 Å². The highest BCUT2D eigenvalue weighted by Gasteiger charge is 2.16. The average Bonchev–Trinajstić information content (AvgIpc) is 2.78. The molecule has 2 aromatic rings. The predicted octanol–water partition coefficient (Wildman–Crippen LogP) is 2.19. The normalized spacial score (nSPS) is 10.3. The molecule has 0 amide bonds. The van der Waals surface area contributed by atoms with Crippen LogP contribution in [0.3, 0.4) is 0 Å². The van der Waals surface area contributed by atoms with Gasteiger partial charge >= 0.3 is 5.97 Å². The van der Waals surface area contributed by atoms with E-state index in [1.54, 1.807) is 12.3 Å². The molecule has 94 valence electrons. The molecule has 0 saturated heterocycles. The molecule has 0 fully saturated rings. The van der Waals surface area contributed by atoms with Crippen molar-refractivity contribution in [1.82, 2.24) is 4.98 Å². The largest absolute Gasteiger partial charge is 0.506 e. The Labute approximate surface area is 108 Å². The van der Waals surface area contributed by atoms with Gasteiger partial charge in [0, 0.05) is 16.6 Å². The van der Waals surface area contributed by atoms with Crippen molar-refractivity contribution in [3.8, 4) is 16.3 Å². The predicted molar refractivity (Wildman–Crippen MR) is 69.7 cm³/mol. The molecule has 0 atom stereocenters. The van der Waals surface area contributed by atoms with Crippen LogP contribution in [0.25, 0.3) is 10.6 Å². The molecule has 2 rings (SSSR count). The molecule has 0 unspecified atom stereocenters. The molecule has 0 spiro atoms. The van der Waals surface area contributed by atoms with Crippen LogP contribution >= 0.6 is 11.3 Å². The lowest BCUT2D eigenvalue weighted by molar-refractivity contribution is 0.0600. The third-order valence-corrected chi connectivity index (χ3v) is 3.38. The number of hydrogen-bond acceptors (Lipinski definition) is 6. The van der Waals surface area contributed by atoms with E-state index in [1.807, 2.05) is 6.92 Å². The van der Waals surface area contributed by atoms with Crippen LogP contribution in [0.2, 0.25) is 0 Å². The number of hydrogen-bond donors (Lipinski definition) is 2. The molecule has 0 aliphatic rings. The first-order valence-corrected chi connectivity index (χ1v) is 5.98. The molecule has 3 N–H and O–H groups in total. The number of nitrogens with zero attached hydrogens (tertiary/aromatic N) is 1. The third-order valence-electron chi connectivity index (χ3n) is 2.43. The molecule has 1 heterocycles. The Morgan fingerprint density at radius 1 is 1.50 bits per heavy atom. The fraction of sp³-hybridized carbons (Fsp3) is 0.167. The van der Waals surface area contributed by atoms with Gasteiger partial charge in [0.2, 0.25) is 0 Å². The fourth-order valence-corrected chi connectivity index (χ4v) is 2.32. The van der Waals surface area contributed by atoms with Crippen molar-refractivity contribution in [2.24, 2.45) is 0 Å². The number of carbonyl (C=O) groups excluding carboxylic acids is 1. The molecule has 1 aromatic heterocycles. The van der Waals surface area contributed by atoms with Gasteiger partial charge in [-0.25, -0.2) is 9.78 Å². The standard InChI is InChI=1S/C12H12N2O3S/c1-6-5-14-11(18-6)8-3-7(12(16)17-2)4-9(15)10(8)13/h3-5,15H,13H2,1-2H3.